The van der Waals surface area contributed by atoms with Crippen molar-refractivity contribution in [3.8, 4) is 0 Å². The zero-order valence-electron chi connectivity index (χ0n) is 10.4. The van der Waals surface area contributed by atoms with Crippen LogP contribution in [0.4, 0.5) is 13.2 Å². The SMILES string of the molecule is CC(C)(C)c1cc(C(=O)O)n(CCC(F)(F)F)n1. The number of hydrogen-bond donors (Lipinski definition) is 1. The summed E-state index contributed by atoms with van der Waals surface area (Å²) in [6.07, 6.45) is -5.43. The fraction of sp³-hybridized carbons (Fsp3) is 0.636. The van der Waals surface area contributed by atoms with E-state index in [-0.39, 0.29) is 5.69 Å². The van der Waals surface area contributed by atoms with Gasteiger partial charge in [-0.3, -0.25) is 4.68 Å². The van der Waals surface area contributed by atoms with E-state index in [1.807, 2.05) is 20.8 Å². The molecule has 7 heteroatoms. The van der Waals surface area contributed by atoms with Crippen LogP contribution in [0.25, 0.3) is 0 Å². The summed E-state index contributed by atoms with van der Waals surface area (Å²) in [5.41, 5.74) is -0.167. The number of carboxylic acids is 1. The van der Waals surface area contributed by atoms with Gasteiger partial charge < -0.3 is 5.11 Å². The monoisotopic (exact) mass is 264 g/mol. The summed E-state index contributed by atoms with van der Waals surface area (Å²) < 4.78 is 37.3. The zero-order valence-corrected chi connectivity index (χ0v) is 10.4. The molecule has 1 aromatic heterocycles. The number of aromatic nitrogens is 2. The second-order valence-electron chi connectivity index (χ2n) is 5.06. The van der Waals surface area contributed by atoms with Crippen molar-refractivity contribution in [2.75, 3.05) is 0 Å². The molecule has 1 rings (SSSR count). The van der Waals surface area contributed by atoms with Crippen molar-refractivity contribution in [2.24, 2.45) is 0 Å². The molecule has 18 heavy (non-hydrogen) atoms. The number of carboxylic acid groups (broad SMARTS) is 1. The lowest BCUT2D eigenvalue weighted by atomic mass is 9.92. The van der Waals surface area contributed by atoms with Crippen LogP contribution in [0.2, 0.25) is 0 Å². The van der Waals surface area contributed by atoms with Gasteiger partial charge >= 0.3 is 12.1 Å². The van der Waals surface area contributed by atoms with E-state index in [1.54, 1.807) is 0 Å². The molecule has 1 heterocycles. The van der Waals surface area contributed by atoms with Crippen LogP contribution < -0.4 is 0 Å². The molecule has 1 N–H and O–H groups in total. The summed E-state index contributed by atoms with van der Waals surface area (Å²) in [6, 6.07) is 1.32. The van der Waals surface area contributed by atoms with Crippen LogP contribution >= 0.6 is 0 Å². The zero-order chi connectivity index (χ0) is 14.1. The number of nitrogens with zero attached hydrogens (tertiary/aromatic N) is 2. The molecule has 0 fully saturated rings. The summed E-state index contributed by atoms with van der Waals surface area (Å²) >= 11 is 0. The molecule has 0 aliphatic carbocycles. The van der Waals surface area contributed by atoms with Gasteiger partial charge in [0.2, 0.25) is 0 Å². The molecule has 0 aliphatic rings. The standard InChI is InChI=1S/C11H15F3N2O2/c1-10(2,3)8-6-7(9(17)18)16(15-8)5-4-11(12,13)14/h6H,4-5H2,1-3H3,(H,17,18). The molecule has 0 unspecified atom stereocenters. The normalized spacial score (nSPS) is 12.8. The summed E-state index contributed by atoms with van der Waals surface area (Å²) in [7, 11) is 0. The van der Waals surface area contributed by atoms with Crippen LogP contribution in [0.15, 0.2) is 6.07 Å². The van der Waals surface area contributed by atoms with Gasteiger partial charge in [0.05, 0.1) is 18.7 Å². The van der Waals surface area contributed by atoms with Crippen molar-refractivity contribution < 1.29 is 23.1 Å². The molecule has 102 valence electrons. The van der Waals surface area contributed by atoms with E-state index in [9.17, 15) is 18.0 Å². The molecular weight excluding hydrogens is 249 g/mol. The minimum absolute atomic E-state index is 0.218. The Morgan fingerprint density at radius 3 is 2.33 bits per heavy atom. The molecule has 0 amide bonds. The first-order valence-corrected chi connectivity index (χ1v) is 5.39. The molecule has 0 radical (unpaired) electrons. The highest BCUT2D eigenvalue weighted by Crippen LogP contribution is 2.24. The highest BCUT2D eigenvalue weighted by Gasteiger charge is 2.29. The third-order valence-corrected chi connectivity index (χ3v) is 2.37. The van der Waals surface area contributed by atoms with Crippen LogP contribution in [-0.4, -0.2) is 27.0 Å². The van der Waals surface area contributed by atoms with Gasteiger partial charge in [0.25, 0.3) is 0 Å². The second-order valence-corrected chi connectivity index (χ2v) is 5.06. The van der Waals surface area contributed by atoms with Crippen LogP contribution in [0.1, 0.15) is 43.4 Å². The summed E-state index contributed by atoms with van der Waals surface area (Å²) in [6.45, 7) is 4.96. The van der Waals surface area contributed by atoms with Gasteiger partial charge in [0.1, 0.15) is 5.69 Å². The predicted molar refractivity (Wildman–Crippen MR) is 58.6 cm³/mol. The summed E-state index contributed by atoms with van der Waals surface area (Å²) in [4.78, 5) is 10.9. The van der Waals surface area contributed by atoms with Gasteiger partial charge in [-0.15, -0.1) is 0 Å². The molecule has 0 atom stereocenters. The largest absolute Gasteiger partial charge is 0.477 e. The summed E-state index contributed by atoms with van der Waals surface area (Å²) in [5, 5.41) is 12.9. The molecule has 0 aliphatic heterocycles. The number of hydrogen-bond acceptors (Lipinski definition) is 2. The Labute approximate surface area is 102 Å². The average molecular weight is 264 g/mol. The molecule has 0 saturated heterocycles. The van der Waals surface area contributed by atoms with E-state index in [0.29, 0.717) is 5.69 Å². The van der Waals surface area contributed by atoms with Crippen molar-refractivity contribution in [3.63, 3.8) is 0 Å². The first-order valence-electron chi connectivity index (χ1n) is 5.39. The Morgan fingerprint density at radius 1 is 1.39 bits per heavy atom. The average Bonchev–Trinajstić information content (AvgIpc) is 2.56. The fourth-order valence-electron chi connectivity index (χ4n) is 1.36. The van der Waals surface area contributed by atoms with Crippen LogP contribution in [0.3, 0.4) is 0 Å². The second kappa shape index (κ2) is 4.62. The Morgan fingerprint density at radius 2 is 1.94 bits per heavy atom. The number of aryl methyl sites for hydroxylation is 1. The molecule has 4 nitrogen and oxygen atoms in total. The van der Waals surface area contributed by atoms with Crippen molar-refractivity contribution in [3.05, 3.63) is 17.5 Å². The van der Waals surface area contributed by atoms with Crippen molar-refractivity contribution in [2.45, 2.75) is 45.3 Å². The maximum Gasteiger partial charge on any atom is 0.390 e. The van der Waals surface area contributed by atoms with E-state index in [1.165, 1.54) is 6.07 Å². The predicted octanol–water partition coefficient (Wildman–Crippen LogP) is 2.83. The Hall–Kier alpha value is -1.53. The first kappa shape index (κ1) is 14.5. The van der Waals surface area contributed by atoms with Crippen LogP contribution in [0.5, 0.6) is 0 Å². The Kier molecular flexibility index (Phi) is 3.73. The van der Waals surface area contributed by atoms with Crippen LogP contribution in [-0.2, 0) is 12.0 Å². The number of carbonyl (C=O) groups is 1. The van der Waals surface area contributed by atoms with E-state index in [2.05, 4.69) is 5.10 Å². The first-order chi connectivity index (χ1) is 8.00. The number of halogens is 3. The minimum Gasteiger partial charge on any atom is -0.477 e. The van der Waals surface area contributed by atoms with Gasteiger partial charge in [-0.25, -0.2) is 4.79 Å². The van der Waals surface area contributed by atoms with E-state index >= 15 is 0 Å². The van der Waals surface area contributed by atoms with Crippen molar-refractivity contribution in [1.82, 2.24) is 9.78 Å². The number of aromatic carboxylic acids is 1. The van der Waals surface area contributed by atoms with Gasteiger partial charge in [-0.1, -0.05) is 20.8 Å². The molecular formula is C11H15F3N2O2. The maximum absolute atomic E-state index is 12.1. The van der Waals surface area contributed by atoms with Crippen molar-refractivity contribution in [1.29, 1.82) is 0 Å². The number of alkyl halides is 3. The molecule has 0 spiro atoms. The van der Waals surface area contributed by atoms with Gasteiger partial charge in [0.15, 0.2) is 0 Å². The molecule has 0 saturated carbocycles. The number of rotatable bonds is 3. The van der Waals surface area contributed by atoms with Gasteiger partial charge in [-0.2, -0.15) is 18.3 Å². The smallest absolute Gasteiger partial charge is 0.390 e. The fourth-order valence-corrected chi connectivity index (χ4v) is 1.36. The minimum atomic E-state index is -4.33. The van der Waals surface area contributed by atoms with E-state index in [0.717, 1.165) is 4.68 Å². The molecule has 0 aromatic carbocycles. The highest BCUT2D eigenvalue weighted by atomic mass is 19.4. The molecule has 0 bridgehead atoms. The lowest BCUT2D eigenvalue weighted by molar-refractivity contribution is -0.137. The molecule has 1 aromatic rings. The Balaban J connectivity index is 3.03. The van der Waals surface area contributed by atoms with Gasteiger partial charge in [0, 0.05) is 5.41 Å². The Bertz CT molecular complexity index is 444. The van der Waals surface area contributed by atoms with E-state index in [4.69, 9.17) is 5.11 Å². The quantitative estimate of drug-likeness (QED) is 0.913. The lowest BCUT2D eigenvalue weighted by Crippen LogP contribution is -2.17. The third-order valence-electron chi connectivity index (χ3n) is 2.37. The van der Waals surface area contributed by atoms with Crippen LogP contribution in [0, 0.1) is 0 Å². The van der Waals surface area contributed by atoms with Gasteiger partial charge in [-0.05, 0) is 6.07 Å². The van der Waals surface area contributed by atoms with Crippen molar-refractivity contribution >= 4 is 5.97 Å². The van der Waals surface area contributed by atoms with E-state index < -0.39 is 30.5 Å². The third kappa shape index (κ3) is 3.75. The summed E-state index contributed by atoms with van der Waals surface area (Å²) in [5.74, 6) is -1.28. The lowest BCUT2D eigenvalue weighted by Gasteiger charge is -2.14. The topological polar surface area (TPSA) is 55.1 Å². The maximum atomic E-state index is 12.1. The highest BCUT2D eigenvalue weighted by molar-refractivity contribution is 5.85.